The van der Waals surface area contributed by atoms with Crippen LogP contribution in [-0.4, -0.2) is 15.4 Å². The molecule has 1 aromatic carbocycles. The summed E-state index contributed by atoms with van der Waals surface area (Å²) < 4.78 is 2.43. The molecule has 1 aromatic heterocycles. The number of halogens is 1. The number of hydrogen-bond donors (Lipinski definition) is 0. The van der Waals surface area contributed by atoms with E-state index in [2.05, 4.69) is 43.5 Å². The van der Waals surface area contributed by atoms with E-state index in [1.54, 1.807) is 0 Å². The third-order valence-electron chi connectivity index (χ3n) is 4.89. The summed E-state index contributed by atoms with van der Waals surface area (Å²) in [5.41, 5.74) is 4.16. The normalized spacial score (nSPS) is 17.1. The Morgan fingerprint density at radius 3 is 2.70 bits per heavy atom. The van der Waals surface area contributed by atoms with Gasteiger partial charge < -0.3 is 4.57 Å². The molecule has 0 spiro atoms. The molecule has 0 amide bonds. The van der Waals surface area contributed by atoms with Crippen molar-refractivity contribution in [3.63, 3.8) is 0 Å². The van der Waals surface area contributed by atoms with Crippen LogP contribution in [0.4, 0.5) is 0 Å². The number of alkyl halides is 1. The molecule has 1 aliphatic rings. The van der Waals surface area contributed by atoms with Gasteiger partial charge >= 0.3 is 0 Å². The van der Waals surface area contributed by atoms with Gasteiger partial charge in [0.15, 0.2) is 0 Å². The SMILES string of the molecule is Cc1ccc2nc(CCCl)n(CC3(C(C)C)CC3)c2c1. The molecule has 1 saturated carbocycles. The van der Waals surface area contributed by atoms with Crippen LogP contribution in [0.2, 0.25) is 0 Å². The smallest absolute Gasteiger partial charge is 0.111 e. The monoisotopic (exact) mass is 290 g/mol. The van der Waals surface area contributed by atoms with E-state index in [4.69, 9.17) is 16.6 Å². The van der Waals surface area contributed by atoms with Gasteiger partial charge in [0.2, 0.25) is 0 Å². The van der Waals surface area contributed by atoms with Crippen molar-refractivity contribution in [3.8, 4) is 0 Å². The summed E-state index contributed by atoms with van der Waals surface area (Å²) in [5, 5.41) is 0. The Labute approximate surface area is 126 Å². The Morgan fingerprint density at radius 2 is 2.10 bits per heavy atom. The molecule has 20 heavy (non-hydrogen) atoms. The van der Waals surface area contributed by atoms with Crippen LogP contribution in [0.5, 0.6) is 0 Å². The molecular formula is C17H23ClN2. The molecule has 3 heteroatoms. The lowest BCUT2D eigenvalue weighted by molar-refractivity contribution is 0.309. The third-order valence-corrected chi connectivity index (χ3v) is 5.08. The second-order valence-electron chi connectivity index (χ2n) is 6.56. The zero-order valence-corrected chi connectivity index (χ0v) is 13.4. The minimum Gasteiger partial charge on any atom is -0.327 e. The van der Waals surface area contributed by atoms with Gasteiger partial charge in [0.25, 0.3) is 0 Å². The van der Waals surface area contributed by atoms with Crippen LogP contribution < -0.4 is 0 Å². The maximum Gasteiger partial charge on any atom is 0.111 e. The van der Waals surface area contributed by atoms with Crippen molar-refractivity contribution in [1.82, 2.24) is 9.55 Å². The van der Waals surface area contributed by atoms with Crippen molar-refractivity contribution in [2.45, 2.75) is 46.6 Å². The lowest BCUT2D eigenvalue weighted by atomic mass is 9.92. The van der Waals surface area contributed by atoms with Gasteiger partial charge in [-0.25, -0.2) is 4.98 Å². The van der Waals surface area contributed by atoms with Crippen LogP contribution in [0, 0.1) is 18.3 Å². The van der Waals surface area contributed by atoms with E-state index in [9.17, 15) is 0 Å². The third kappa shape index (κ3) is 2.35. The van der Waals surface area contributed by atoms with E-state index in [0.717, 1.165) is 30.2 Å². The Bertz CT molecular complexity index is 623. The van der Waals surface area contributed by atoms with Gasteiger partial charge in [-0.2, -0.15) is 0 Å². The summed E-state index contributed by atoms with van der Waals surface area (Å²) in [6.07, 6.45) is 3.54. The highest BCUT2D eigenvalue weighted by atomic mass is 35.5. The van der Waals surface area contributed by atoms with Crippen molar-refractivity contribution in [2.24, 2.45) is 11.3 Å². The van der Waals surface area contributed by atoms with Crippen molar-refractivity contribution in [1.29, 1.82) is 0 Å². The zero-order valence-electron chi connectivity index (χ0n) is 12.6. The molecule has 108 valence electrons. The molecule has 0 saturated heterocycles. The van der Waals surface area contributed by atoms with Crippen LogP contribution in [0.25, 0.3) is 11.0 Å². The maximum absolute atomic E-state index is 5.96. The summed E-state index contributed by atoms with van der Waals surface area (Å²) in [6, 6.07) is 6.53. The zero-order chi connectivity index (χ0) is 14.3. The lowest BCUT2D eigenvalue weighted by Crippen LogP contribution is -2.19. The van der Waals surface area contributed by atoms with E-state index >= 15 is 0 Å². The summed E-state index contributed by atoms with van der Waals surface area (Å²) >= 11 is 5.96. The van der Waals surface area contributed by atoms with E-state index in [0.29, 0.717) is 11.3 Å². The number of rotatable bonds is 5. The van der Waals surface area contributed by atoms with Gasteiger partial charge in [0.05, 0.1) is 11.0 Å². The van der Waals surface area contributed by atoms with Crippen LogP contribution in [0.3, 0.4) is 0 Å². The van der Waals surface area contributed by atoms with Gasteiger partial charge in [0.1, 0.15) is 5.82 Å². The number of aryl methyl sites for hydroxylation is 2. The Kier molecular flexibility index (Phi) is 3.53. The van der Waals surface area contributed by atoms with Crippen molar-refractivity contribution < 1.29 is 0 Å². The van der Waals surface area contributed by atoms with Gasteiger partial charge in [0, 0.05) is 18.8 Å². The maximum atomic E-state index is 5.96. The summed E-state index contributed by atoms with van der Waals surface area (Å²) in [4.78, 5) is 4.79. The molecule has 2 nitrogen and oxygen atoms in total. The largest absolute Gasteiger partial charge is 0.327 e. The minimum absolute atomic E-state index is 0.485. The van der Waals surface area contributed by atoms with Gasteiger partial charge in [-0.05, 0) is 48.8 Å². The minimum atomic E-state index is 0.485. The number of imidazole rings is 1. The van der Waals surface area contributed by atoms with Crippen molar-refractivity contribution in [2.75, 3.05) is 5.88 Å². The van der Waals surface area contributed by atoms with Gasteiger partial charge in [-0.15, -0.1) is 11.6 Å². The average Bonchev–Trinajstić information content (AvgIpc) is 3.12. The van der Waals surface area contributed by atoms with Gasteiger partial charge in [-0.1, -0.05) is 19.9 Å². The topological polar surface area (TPSA) is 17.8 Å². The van der Waals surface area contributed by atoms with Crippen molar-refractivity contribution >= 4 is 22.6 Å². The van der Waals surface area contributed by atoms with Crippen LogP contribution >= 0.6 is 11.6 Å². The number of nitrogens with zero attached hydrogens (tertiary/aromatic N) is 2. The first-order valence-corrected chi connectivity index (χ1v) is 8.11. The average molecular weight is 291 g/mol. The molecule has 0 radical (unpaired) electrons. The Balaban J connectivity index is 2.06. The molecule has 0 atom stereocenters. The first-order chi connectivity index (χ1) is 9.55. The number of hydrogen-bond acceptors (Lipinski definition) is 1. The summed E-state index contributed by atoms with van der Waals surface area (Å²) in [5.74, 6) is 2.51. The van der Waals surface area contributed by atoms with Gasteiger partial charge in [-0.3, -0.25) is 0 Å². The van der Waals surface area contributed by atoms with E-state index in [-0.39, 0.29) is 0 Å². The first-order valence-electron chi connectivity index (χ1n) is 7.57. The van der Waals surface area contributed by atoms with E-state index in [1.165, 1.54) is 23.9 Å². The summed E-state index contributed by atoms with van der Waals surface area (Å²) in [6.45, 7) is 7.93. The second kappa shape index (κ2) is 5.07. The lowest BCUT2D eigenvalue weighted by Gasteiger charge is -2.22. The number of benzene rings is 1. The molecule has 3 rings (SSSR count). The molecule has 1 aliphatic carbocycles. The molecule has 0 N–H and O–H groups in total. The highest BCUT2D eigenvalue weighted by Gasteiger charge is 2.45. The Morgan fingerprint density at radius 1 is 1.35 bits per heavy atom. The predicted molar refractivity (Wildman–Crippen MR) is 85.4 cm³/mol. The molecule has 1 heterocycles. The van der Waals surface area contributed by atoms with E-state index in [1.807, 2.05) is 0 Å². The van der Waals surface area contributed by atoms with Crippen LogP contribution in [0.15, 0.2) is 18.2 Å². The molecule has 1 fully saturated rings. The highest BCUT2D eigenvalue weighted by molar-refractivity contribution is 6.17. The highest BCUT2D eigenvalue weighted by Crippen LogP contribution is 2.53. The molecule has 0 bridgehead atoms. The van der Waals surface area contributed by atoms with Crippen LogP contribution in [0.1, 0.15) is 38.1 Å². The molecule has 0 aliphatic heterocycles. The van der Waals surface area contributed by atoms with E-state index < -0.39 is 0 Å². The standard InChI is InChI=1S/C17H23ClN2/c1-12(2)17(7-8-17)11-20-15-10-13(3)4-5-14(15)19-16(20)6-9-18/h4-5,10,12H,6-9,11H2,1-3H3. The fourth-order valence-electron chi connectivity index (χ4n) is 3.13. The molecular weight excluding hydrogens is 268 g/mol. The molecule has 2 aromatic rings. The quantitative estimate of drug-likeness (QED) is 0.738. The summed E-state index contributed by atoms with van der Waals surface area (Å²) in [7, 11) is 0. The number of aromatic nitrogens is 2. The second-order valence-corrected chi connectivity index (χ2v) is 6.94. The van der Waals surface area contributed by atoms with Crippen LogP contribution in [-0.2, 0) is 13.0 Å². The first kappa shape index (κ1) is 13.9. The Hall–Kier alpha value is -1.02. The fraction of sp³-hybridized carbons (Fsp3) is 0.588. The fourth-order valence-corrected chi connectivity index (χ4v) is 3.30. The molecule has 0 unspecified atom stereocenters. The number of fused-ring (bicyclic) bond motifs is 1. The van der Waals surface area contributed by atoms with Crippen molar-refractivity contribution in [3.05, 3.63) is 29.6 Å². The predicted octanol–water partition coefficient (Wildman–Crippen LogP) is 4.56.